The van der Waals surface area contributed by atoms with Crippen LogP contribution < -0.4 is 30.6 Å². The number of anilines is 2. The number of urea groups is 1. The molecule has 13 heteroatoms. The summed E-state index contributed by atoms with van der Waals surface area (Å²) in [7, 11) is 1.49. The molecule has 4 aromatic rings. The number of rotatable bonds is 10. The Labute approximate surface area is 262 Å². The van der Waals surface area contributed by atoms with Crippen molar-refractivity contribution >= 4 is 34.3 Å². The molecule has 1 heterocycles. The Kier molecular flexibility index (Phi) is 9.79. The van der Waals surface area contributed by atoms with Gasteiger partial charge in [-0.1, -0.05) is 0 Å². The minimum Gasteiger partial charge on any atom is -0.493 e. The summed E-state index contributed by atoms with van der Waals surface area (Å²) in [5.74, 6) is 1.18. The minimum absolute atomic E-state index is 0.00635. The lowest BCUT2D eigenvalue weighted by atomic mass is 10.1. The van der Waals surface area contributed by atoms with Crippen molar-refractivity contribution in [3.8, 4) is 23.0 Å². The summed E-state index contributed by atoms with van der Waals surface area (Å²) < 4.78 is 61.1. The van der Waals surface area contributed by atoms with E-state index in [2.05, 4.69) is 15.6 Å². The number of nitrogens with two attached hydrogens (primary N) is 1. The van der Waals surface area contributed by atoms with E-state index in [1.807, 2.05) is 0 Å². The SMILES string of the molecule is COc1cc2c(Oc3ccc(NC(=O)Nc4ccc(C(F)(F)F)cc4)cc3)ccnc2cc1OC/C=C(/N)C(=O)OC1CCCC1. The van der Waals surface area contributed by atoms with Crippen LogP contribution in [0.3, 0.4) is 0 Å². The van der Waals surface area contributed by atoms with E-state index in [9.17, 15) is 22.8 Å². The summed E-state index contributed by atoms with van der Waals surface area (Å²) >= 11 is 0. The zero-order valence-electron chi connectivity index (χ0n) is 24.7. The summed E-state index contributed by atoms with van der Waals surface area (Å²) in [6.45, 7) is 0.00635. The molecule has 3 aromatic carbocycles. The van der Waals surface area contributed by atoms with Crippen molar-refractivity contribution in [3.63, 3.8) is 0 Å². The molecule has 240 valence electrons. The van der Waals surface area contributed by atoms with Crippen molar-refractivity contribution in [2.45, 2.75) is 38.0 Å². The Morgan fingerprint density at radius 2 is 1.59 bits per heavy atom. The number of aromatic nitrogens is 1. The van der Waals surface area contributed by atoms with Gasteiger partial charge < -0.3 is 35.3 Å². The van der Waals surface area contributed by atoms with Crippen LogP contribution in [0.2, 0.25) is 0 Å². The lowest BCUT2D eigenvalue weighted by molar-refractivity contribution is -0.144. The Hall–Kier alpha value is -5.46. The molecular formula is C33H31F3N4O6. The number of carbonyl (C=O) groups excluding carboxylic acids is 2. The van der Waals surface area contributed by atoms with Crippen LogP contribution in [0.25, 0.3) is 10.9 Å². The smallest absolute Gasteiger partial charge is 0.416 e. The summed E-state index contributed by atoms with van der Waals surface area (Å²) in [6.07, 6.45) is 2.25. The van der Waals surface area contributed by atoms with E-state index in [0.29, 0.717) is 39.6 Å². The third-order valence-electron chi connectivity index (χ3n) is 7.15. The third-order valence-corrected chi connectivity index (χ3v) is 7.15. The van der Waals surface area contributed by atoms with Gasteiger partial charge in [-0.2, -0.15) is 13.2 Å². The summed E-state index contributed by atoms with van der Waals surface area (Å²) in [5.41, 5.74) is 6.25. The number of ether oxygens (including phenoxy) is 4. The van der Waals surface area contributed by atoms with E-state index in [1.165, 1.54) is 25.3 Å². The van der Waals surface area contributed by atoms with Crippen LogP contribution in [0.15, 0.2) is 84.7 Å². The molecular weight excluding hydrogens is 605 g/mol. The van der Waals surface area contributed by atoms with E-state index >= 15 is 0 Å². The number of alkyl halides is 3. The number of esters is 1. The standard InChI is InChI=1S/C33H31F3N4O6/c1-43-29-18-25-27(19-30(29)44-17-15-26(37)31(41)46-23-4-2-3-5-23)38-16-14-28(25)45-24-12-10-22(11-13-24)40-32(42)39-21-8-6-20(7-9-21)33(34,35)36/h6-16,18-19,23H,2-5,17,37H2,1H3,(H2,39,40,42)/b26-15+. The molecule has 1 saturated carbocycles. The molecule has 1 aliphatic rings. The van der Waals surface area contributed by atoms with Gasteiger partial charge in [-0.15, -0.1) is 0 Å². The van der Waals surface area contributed by atoms with E-state index in [-0.39, 0.29) is 24.1 Å². The van der Waals surface area contributed by atoms with Crippen LogP contribution in [-0.4, -0.2) is 36.8 Å². The summed E-state index contributed by atoms with van der Waals surface area (Å²) in [6, 6.07) is 15.1. The first kappa shape index (κ1) is 31.9. The van der Waals surface area contributed by atoms with E-state index in [1.54, 1.807) is 48.7 Å². The van der Waals surface area contributed by atoms with Gasteiger partial charge in [0.2, 0.25) is 0 Å². The van der Waals surface area contributed by atoms with Gasteiger partial charge in [-0.05, 0) is 92.4 Å². The van der Waals surface area contributed by atoms with Crippen molar-refractivity contribution in [2.24, 2.45) is 5.73 Å². The first-order chi connectivity index (χ1) is 22.1. The Morgan fingerprint density at radius 3 is 2.22 bits per heavy atom. The summed E-state index contributed by atoms with van der Waals surface area (Å²) in [5, 5.41) is 5.74. The number of nitrogens with one attached hydrogen (secondary N) is 2. The normalized spacial score (nSPS) is 13.7. The molecule has 1 aromatic heterocycles. The maximum atomic E-state index is 12.8. The van der Waals surface area contributed by atoms with Crippen LogP contribution in [0.4, 0.5) is 29.3 Å². The van der Waals surface area contributed by atoms with Gasteiger partial charge >= 0.3 is 18.2 Å². The molecule has 0 unspecified atom stereocenters. The predicted octanol–water partition coefficient (Wildman–Crippen LogP) is 7.41. The zero-order chi connectivity index (χ0) is 32.7. The predicted molar refractivity (Wildman–Crippen MR) is 165 cm³/mol. The number of hydrogen-bond acceptors (Lipinski definition) is 8. The van der Waals surface area contributed by atoms with E-state index < -0.39 is 23.7 Å². The zero-order valence-corrected chi connectivity index (χ0v) is 24.7. The van der Waals surface area contributed by atoms with Crippen LogP contribution >= 0.6 is 0 Å². The van der Waals surface area contributed by atoms with Crippen LogP contribution in [0.1, 0.15) is 31.2 Å². The largest absolute Gasteiger partial charge is 0.493 e. The van der Waals surface area contributed by atoms with Gasteiger partial charge in [0.1, 0.15) is 29.9 Å². The van der Waals surface area contributed by atoms with Crippen molar-refractivity contribution in [3.05, 3.63) is 90.3 Å². The van der Waals surface area contributed by atoms with Crippen LogP contribution in [-0.2, 0) is 15.7 Å². The van der Waals surface area contributed by atoms with Gasteiger partial charge in [0.25, 0.3) is 0 Å². The fourth-order valence-electron chi connectivity index (χ4n) is 4.79. The molecule has 0 saturated heterocycles. The molecule has 0 bridgehead atoms. The maximum absolute atomic E-state index is 12.8. The quantitative estimate of drug-likeness (QED) is 0.121. The van der Waals surface area contributed by atoms with Crippen molar-refractivity contribution in [2.75, 3.05) is 24.4 Å². The first-order valence-corrected chi connectivity index (χ1v) is 14.4. The number of nitrogens with zero attached hydrogens (tertiary/aromatic N) is 1. The second-order valence-corrected chi connectivity index (χ2v) is 10.4. The van der Waals surface area contributed by atoms with Gasteiger partial charge in [0.15, 0.2) is 11.5 Å². The van der Waals surface area contributed by atoms with Crippen molar-refractivity contribution in [1.29, 1.82) is 0 Å². The van der Waals surface area contributed by atoms with Crippen molar-refractivity contribution < 1.29 is 41.7 Å². The molecule has 0 aliphatic heterocycles. The number of hydrogen-bond donors (Lipinski definition) is 3. The molecule has 10 nitrogen and oxygen atoms in total. The van der Waals surface area contributed by atoms with Gasteiger partial charge in [-0.25, -0.2) is 9.59 Å². The summed E-state index contributed by atoms with van der Waals surface area (Å²) in [4.78, 5) is 29.0. The number of amides is 2. The number of methoxy groups -OCH3 is 1. The molecule has 4 N–H and O–H groups in total. The van der Waals surface area contributed by atoms with Crippen LogP contribution in [0, 0.1) is 0 Å². The Balaban J connectivity index is 1.20. The molecule has 46 heavy (non-hydrogen) atoms. The van der Waals surface area contributed by atoms with E-state index in [0.717, 1.165) is 37.8 Å². The highest BCUT2D eigenvalue weighted by Crippen LogP contribution is 2.37. The molecule has 5 rings (SSSR count). The number of halogens is 3. The lowest BCUT2D eigenvalue weighted by Crippen LogP contribution is -2.21. The first-order valence-electron chi connectivity index (χ1n) is 14.4. The van der Waals surface area contributed by atoms with Gasteiger partial charge in [0.05, 0.1) is 18.2 Å². The number of fused-ring (bicyclic) bond motifs is 1. The molecule has 0 radical (unpaired) electrons. The molecule has 2 amide bonds. The average molecular weight is 637 g/mol. The highest BCUT2D eigenvalue weighted by atomic mass is 19.4. The monoisotopic (exact) mass is 636 g/mol. The number of carbonyl (C=O) groups is 2. The van der Waals surface area contributed by atoms with Crippen LogP contribution in [0.5, 0.6) is 23.0 Å². The number of pyridine rings is 1. The average Bonchev–Trinajstić information content (AvgIpc) is 3.54. The van der Waals surface area contributed by atoms with Gasteiger partial charge in [0, 0.05) is 29.0 Å². The Bertz CT molecular complexity index is 1720. The van der Waals surface area contributed by atoms with E-state index in [4.69, 9.17) is 24.7 Å². The second kappa shape index (κ2) is 14.1. The number of benzene rings is 3. The molecule has 1 fully saturated rings. The molecule has 0 atom stereocenters. The highest BCUT2D eigenvalue weighted by Gasteiger charge is 2.30. The fraction of sp³-hybridized carbons (Fsp3) is 0.242. The minimum atomic E-state index is -4.46. The lowest BCUT2D eigenvalue weighted by Gasteiger charge is -2.14. The molecule has 0 spiro atoms. The fourth-order valence-corrected chi connectivity index (χ4v) is 4.79. The maximum Gasteiger partial charge on any atom is 0.416 e. The second-order valence-electron chi connectivity index (χ2n) is 10.4. The Morgan fingerprint density at radius 1 is 0.935 bits per heavy atom. The third kappa shape index (κ3) is 8.17. The molecule has 1 aliphatic carbocycles. The highest BCUT2D eigenvalue weighted by molar-refractivity contribution is 5.99. The van der Waals surface area contributed by atoms with Crippen molar-refractivity contribution in [1.82, 2.24) is 4.98 Å². The topological polar surface area (TPSA) is 134 Å². The van der Waals surface area contributed by atoms with Gasteiger partial charge in [-0.3, -0.25) is 4.98 Å².